The highest BCUT2D eigenvalue weighted by Gasteiger charge is 2.16. The number of pyridine rings is 1. The number of nitrogens with zero attached hydrogens (tertiary/aromatic N) is 2. The third kappa shape index (κ3) is 4.73. The molecule has 0 bridgehead atoms. The smallest absolute Gasteiger partial charge is 0.255 e. The molecule has 0 radical (unpaired) electrons. The van der Waals surface area contributed by atoms with Crippen LogP contribution in [0.3, 0.4) is 0 Å². The monoisotopic (exact) mass is 289 g/mol. The summed E-state index contributed by atoms with van der Waals surface area (Å²) in [4.78, 5) is 18.6. The van der Waals surface area contributed by atoms with Gasteiger partial charge in [-0.3, -0.25) is 4.79 Å². The van der Waals surface area contributed by atoms with Crippen LogP contribution in [0.1, 0.15) is 55.3 Å². The summed E-state index contributed by atoms with van der Waals surface area (Å²) in [5.74, 6) is 1.36. The van der Waals surface area contributed by atoms with Crippen LogP contribution < -0.4 is 10.2 Å². The summed E-state index contributed by atoms with van der Waals surface area (Å²) in [5.41, 5.74) is 0.661. The summed E-state index contributed by atoms with van der Waals surface area (Å²) in [6.07, 6.45) is 10.9. The van der Waals surface area contributed by atoms with Crippen LogP contribution in [0.2, 0.25) is 0 Å². The standard InChI is InChI=1S/C17H27N3O/c1-20(2)16-15(11-8-12-18-16)17(21)19-13-14-9-6-4-3-5-7-10-14/h8,11-12,14H,3-7,9-10,13H2,1-2H3,(H,19,21). The van der Waals surface area contributed by atoms with Gasteiger partial charge in [-0.1, -0.05) is 32.1 Å². The zero-order valence-corrected chi connectivity index (χ0v) is 13.3. The van der Waals surface area contributed by atoms with E-state index in [1.54, 1.807) is 6.20 Å². The second-order valence-corrected chi connectivity index (χ2v) is 6.19. The van der Waals surface area contributed by atoms with Crippen molar-refractivity contribution >= 4 is 11.7 Å². The fourth-order valence-electron chi connectivity index (χ4n) is 3.01. The van der Waals surface area contributed by atoms with Crippen molar-refractivity contribution < 1.29 is 4.79 Å². The van der Waals surface area contributed by atoms with Crippen LogP contribution in [0.5, 0.6) is 0 Å². The highest BCUT2D eigenvalue weighted by atomic mass is 16.1. The molecule has 0 atom stereocenters. The van der Waals surface area contributed by atoms with E-state index in [1.165, 1.54) is 44.9 Å². The molecule has 1 N–H and O–H groups in total. The SMILES string of the molecule is CN(C)c1ncccc1C(=O)NCC1CCCCCCC1. The van der Waals surface area contributed by atoms with E-state index in [2.05, 4.69) is 10.3 Å². The van der Waals surface area contributed by atoms with Gasteiger partial charge in [-0.25, -0.2) is 4.98 Å². The summed E-state index contributed by atoms with van der Waals surface area (Å²) >= 11 is 0. The van der Waals surface area contributed by atoms with E-state index >= 15 is 0 Å². The number of aromatic nitrogens is 1. The number of rotatable bonds is 4. The molecule has 4 nitrogen and oxygen atoms in total. The van der Waals surface area contributed by atoms with Crippen molar-refractivity contribution in [2.75, 3.05) is 25.5 Å². The van der Waals surface area contributed by atoms with Gasteiger partial charge in [-0.05, 0) is 30.9 Å². The van der Waals surface area contributed by atoms with Crippen molar-refractivity contribution in [3.8, 4) is 0 Å². The number of nitrogens with one attached hydrogen (secondary N) is 1. The Morgan fingerprint density at radius 2 is 1.90 bits per heavy atom. The number of hydrogen-bond donors (Lipinski definition) is 1. The number of carbonyl (C=O) groups is 1. The van der Waals surface area contributed by atoms with Gasteiger partial charge >= 0.3 is 0 Å². The molecule has 1 fully saturated rings. The van der Waals surface area contributed by atoms with Crippen molar-refractivity contribution in [1.29, 1.82) is 0 Å². The largest absolute Gasteiger partial charge is 0.362 e. The maximum absolute atomic E-state index is 12.4. The fourth-order valence-corrected chi connectivity index (χ4v) is 3.01. The van der Waals surface area contributed by atoms with E-state index in [0.29, 0.717) is 11.5 Å². The van der Waals surface area contributed by atoms with Crippen LogP contribution in [0, 0.1) is 5.92 Å². The van der Waals surface area contributed by atoms with Crippen molar-refractivity contribution in [3.63, 3.8) is 0 Å². The van der Waals surface area contributed by atoms with E-state index in [0.717, 1.165) is 12.4 Å². The van der Waals surface area contributed by atoms with E-state index in [9.17, 15) is 4.79 Å². The molecule has 1 aliphatic rings. The molecule has 1 heterocycles. The van der Waals surface area contributed by atoms with Gasteiger partial charge in [0.05, 0.1) is 5.56 Å². The summed E-state index contributed by atoms with van der Waals surface area (Å²) in [7, 11) is 3.82. The van der Waals surface area contributed by atoms with E-state index in [4.69, 9.17) is 0 Å². The van der Waals surface area contributed by atoms with Crippen molar-refractivity contribution in [2.45, 2.75) is 44.9 Å². The average Bonchev–Trinajstić information content (AvgIpc) is 2.45. The highest BCUT2D eigenvalue weighted by Crippen LogP contribution is 2.22. The molecule has 1 aromatic heterocycles. The number of amides is 1. The van der Waals surface area contributed by atoms with Gasteiger partial charge in [0.15, 0.2) is 0 Å². The Bertz CT molecular complexity index is 451. The first-order valence-corrected chi connectivity index (χ1v) is 8.09. The summed E-state index contributed by atoms with van der Waals surface area (Å²) in [6.45, 7) is 0.792. The predicted molar refractivity (Wildman–Crippen MR) is 86.7 cm³/mol. The number of hydrogen-bond acceptors (Lipinski definition) is 3. The Morgan fingerprint density at radius 1 is 1.24 bits per heavy atom. The molecule has 1 amide bonds. The van der Waals surface area contributed by atoms with Crippen molar-refractivity contribution in [1.82, 2.24) is 10.3 Å². The minimum absolute atomic E-state index is 0.00569. The predicted octanol–water partition coefficient (Wildman–Crippen LogP) is 3.24. The van der Waals surface area contributed by atoms with Gasteiger partial charge in [-0.2, -0.15) is 0 Å². The van der Waals surface area contributed by atoms with Crippen molar-refractivity contribution in [3.05, 3.63) is 23.9 Å². The second kappa shape index (κ2) is 8.01. The van der Waals surface area contributed by atoms with Crippen LogP contribution in [-0.4, -0.2) is 31.5 Å². The van der Waals surface area contributed by atoms with E-state index in [-0.39, 0.29) is 5.91 Å². The molecule has 2 rings (SSSR count). The quantitative estimate of drug-likeness (QED) is 0.925. The zero-order valence-electron chi connectivity index (χ0n) is 13.3. The second-order valence-electron chi connectivity index (χ2n) is 6.19. The maximum Gasteiger partial charge on any atom is 0.255 e. The minimum atomic E-state index is -0.00569. The maximum atomic E-state index is 12.4. The van der Waals surface area contributed by atoms with E-state index in [1.807, 2.05) is 31.1 Å². The molecular formula is C17H27N3O. The summed E-state index contributed by atoms with van der Waals surface area (Å²) in [5, 5.41) is 3.11. The number of carbonyl (C=O) groups excluding carboxylic acids is 1. The van der Waals surface area contributed by atoms with Crippen LogP contribution >= 0.6 is 0 Å². The molecular weight excluding hydrogens is 262 g/mol. The molecule has 0 unspecified atom stereocenters. The average molecular weight is 289 g/mol. The molecule has 0 spiro atoms. The topological polar surface area (TPSA) is 45.2 Å². The molecule has 4 heteroatoms. The zero-order chi connectivity index (χ0) is 15.1. The molecule has 0 aromatic carbocycles. The van der Waals surface area contributed by atoms with Crippen LogP contribution in [0.25, 0.3) is 0 Å². The summed E-state index contributed by atoms with van der Waals surface area (Å²) in [6, 6.07) is 3.66. The van der Waals surface area contributed by atoms with Gasteiger partial charge in [0.1, 0.15) is 5.82 Å². The first-order chi connectivity index (χ1) is 10.2. The highest BCUT2D eigenvalue weighted by molar-refractivity contribution is 5.98. The molecule has 1 aliphatic carbocycles. The lowest BCUT2D eigenvalue weighted by molar-refractivity contribution is 0.0945. The Hall–Kier alpha value is -1.58. The lowest BCUT2D eigenvalue weighted by atomic mass is 9.91. The first-order valence-electron chi connectivity index (χ1n) is 8.09. The third-order valence-corrected chi connectivity index (χ3v) is 4.23. The van der Waals surface area contributed by atoms with Crippen LogP contribution in [-0.2, 0) is 0 Å². The molecule has 116 valence electrons. The Balaban J connectivity index is 1.92. The third-order valence-electron chi connectivity index (χ3n) is 4.23. The summed E-state index contributed by atoms with van der Waals surface area (Å²) < 4.78 is 0. The van der Waals surface area contributed by atoms with Gasteiger partial charge in [0.25, 0.3) is 5.91 Å². The Morgan fingerprint density at radius 3 is 2.57 bits per heavy atom. The van der Waals surface area contributed by atoms with Crippen LogP contribution in [0.4, 0.5) is 5.82 Å². The van der Waals surface area contributed by atoms with Gasteiger partial charge in [0, 0.05) is 26.8 Å². The first kappa shape index (κ1) is 15.8. The van der Waals surface area contributed by atoms with Crippen LogP contribution in [0.15, 0.2) is 18.3 Å². The molecule has 1 saturated carbocycles. The van der Waals surface area contributed by atoms with Crippen molar-refractivity contribution in [2.24, 2.45) is 5.92 Å². The molecule has 21 heavy (non-hydrogen) atoms. The molecule has 0 saturated heterocycles. The lowest BCUT2D eigenvalue weighted by Gasteiger charge is -2.21. The number of anilines is 1. The minimum Gasteiger partial charge on any atom is -0.362 e. The Kier molecular flexibility index (Phi) is 6.03. The molecule has 0 aliphatic heterocycles. The molecule has 1 aromatic rings. The van der Waals surface area contributed by atoms with E-state index < -0.39 is 0 Å². The lowest BCUT2D eigenvalue weighted by Crippen LogP contribution is -2.31. The normalized spacial score (nSPS) is 16.9. The van der Waals surface area contributed by atoms with Gasteiger partial charge < -0.3 is 10.2 Å². The Labute approximate surface area is 127 Å². The van der Waals surface area contributed by atoms with Gasteiger partial charge in [-0.15, -0.1) is 0 Å². The fraction of sp³-hybridized carbons (Fsp3) is 0.647. The van der Waals surface area contributed by atoms with Gasteiger partial charge in [0.2, 0.25) is 0 Å².